The highest BCUT2D eigenvalue weighted by atomic mass is 16.5. The molecule has 6 heteroatoms. The fourth-order valence-corrected chi connectivity index (χ4v) is 5.44. The van der Waals surface area contributed by atoms with Gasteiger partial charge in [0.2, 0.25) is 5.91 Å². The van der Waals surface area contributed by atoms with Gasteiger partial charge in [-0.25, -0.2) is 0 Å². The molecule has 43 heavy (non-hydrogen) atoms. The molecule has 0 heterocycles. The Hall–Kier alpha value is -1.85. The number of nitrogens with one attached hydrogen (secondary N) is 1. The number of unbranched alkanes of at least 4 members (excludes halogenated alkanes) is 20. The van der Waals surface area contributed by atoms with Gasteiger partial charge in [-0.2, -0.15) is 0 Å². The van der Waals surface area contributed by atoms with Crippen LogP contribution in [0.25, 0.3) is 0 Å². The summed E-state index contributed by atoms with van der Waals surface area (Å²) in [5.74, 6) is -1.23. The van der Waals surface area contributed by atoms with E-state index in [-0.39, 0.29) is 24.5 Å². The van der Waals surface area contributed by atoms with Crippen molar-refractivity contribution >= 4 is 17.8 Å². The number of esters is 1. The number of carbonyl (C=O) groups excluding carboxylic acids is 2. The molecule has 0 aromatic rings. The number of rotatable bonds is 33. The molecule has 1 atom stereocenters. The molecule has 2 N–H and O–H groups in total. The van der Waals surface area contributed by atoms with Crippen molar-refractivity contribution in [2.24, 2.45) is 0 Å². The van der Waals surface area contributed by atoms with Gasteiger partial charge in [0.15, 0.2) is 0 Å². The minimum Gasteiger partial charge on any atom is -0.480 e. The molecule has 0 aliphatic carbocycles. The van der Waals surface area contributed by atoms with Crippen LogP contribution in [0.15, 0.2) is 12.2 Å². The minimum atomic E-state index is -1.02. The molecule has 1 amide bonds. The third kappa shape index (κ3) is 32.9. The first-order chi connectivity index (χ1) is 21.0. The summed E-state index contributed by atoms with van der Waals surface area (Å²) in [5.41, 5.74) is 0. The molecule has 0 aliphatic rings. The largest absolute Gasteiger partial charge is 0.480 e. The smallest absolute Gasteiger partial charge is 0.322 e. The van der Waals surface area contributed by atoms with Crippen molar-refractivity contribution in [2.45, 2.75) is 200 Å². The topological polar surface area (TPSA) is 92.7 Å². The second-order valence-corrected chi connectivity index (χ2v) is 12.5. The molecule has 0 saturated carbocycles. The number of hydrogen-bond donors (Lipinski definition) is 2. The number of carboxylic acid groups (broad SMARTS) is 1. The lowest BCUT2D eigenvalue weighted by Crippen LogP contribution is -2.28. The zero-order valence-corrected chi connectivity index (χ0v) is 28.3. The van der Waals surface area contributed by atoms with Gasteiger partial charge in [0.1, 0.15) is 12.6 Å². The van der Waals surface area contributed by atoms with Crippen molar-refractivity contribution in [1.29, 1.82) is 0 Å². The van der Waals surface area contributed by atoms with Crippen molar-refractivity contribution in [2.75, 3.05) is 6.54 Å². The molecule has 0 bridgehead atoms. The lowest BCUT2D eigenvalue weighted by molar-refractivity contribution is -0.150. The van der Waals surface area contributed by atoms with Gasteiger partial charge in [0.25, 0.3) is 0 Å². The Morgan fingerprint density at radius 2 is 1.02 bits per heavy atom. The van der Waals surface area contributed by atoms with E-state index in [0.29, 0.717) is 12.8 Å². The maximum Gasteiger partial charge on any atom is 0.322 e. The molecule has 0 aromatic heterocycles. The van der Waals surface area contributed by atoms with E-state index in [9.17, 15) is 14.4 Å². The van der Waals surface area contributed by atoms with E-state index < -0.39 is 5.97 Å². The lowest BCUT2D eigenvalue weighted by atomic mass is 10.0. The van der Waals surface area contributed by atoms with Crippen LogP contribution in [0.2, 0.25) is 0 Å². The number of aliphatic carboxylic acids is 1. The van der Waals surface area contributed by atoms with E-state index in [1.165, 1.54) is 103 Å². The number of amides is 1. The molecule has 252 valence electrons. The molecule has 0 saturated heterocycles. The van der Waals surface area contributed by atoms with Crippen LogP contribution < -0.4 is 5.32 Å². The first-order valence-corrected chi connectivity index (χ1v) is 18.3. The quantitative estimate of drug-likeness (QED) is 0.0440. The average molecular weight is 608 g/mol. The summed E-state index contributed by atoms with van der Waals surface area (Å²) in [6, 6.07) is 0. The Labute approximate surface area is 265 Å². The molecule has 0 fully saturated rings. The maximum atomic E-state index is 12.6. The standard InChI is InChI=1S/C37H69NO5/c1-3-5-7-9-11-13-15-17-19-24-28-32-37(42)43-34(29-25-21-18-16-14-12-10-8-6-4-2)30-26-22-20-23-27-31-35(39)38-33-36(40)41/h9,11,34H,3-8,10,12-33H2,1-2H3,(H,38,39)(H,40,41)/b11-9-. The van der Waals surface area contributed by atoms with Crippen LogP contribution in [0.1, 0.15) is 194 Å². The highest BCUT2D eigenvalue weighted by Gasteiger charge is 2.14. The first kappa shape index (κ1) is 41.1. The second-order valence-electron chi connectivity index (χ2n) is 12.5. The molecule has 0 rings (SSSR count). The summed E-state index contributed by atoms with van der Waals surface area (Å²) in [5, 5.41) is 11.0. The molecule has 0 aliphatic heterocycles. The van der Waals surface area contributed by atoms with Crippen molar-refractivity contribution in [3.8, 4) is 0 Å². The Morgan fingerprint density at radius 1 is 0.581 bits per heavy atom. The summed E-state index contributed by atoms with van der Waals surface area (Å²) in [6.07, 6.45) is 36.1. The summed E-state index contributed by atoms with van der Waals surface area (Å²) in [4.78, 5) is 34.8. The third-order valence-corrected chi connectivity index (χ3v) is 8.19. The van der Waals surface area contributed by atoms with Gasteiger partial charge < -0.3 is 15.2 Å². The zero-order valence-electron chi connectivity index (χ0n) is 28.3. The fourth-order valence-electron chi connectivity index (χ4n) is 5.44. The minimum absolute atomic E-state index is 0.0247. The van der Waals surface area contributed by atoms with Gasteiger partial charge in [-0.1, -0.05) is 135 Å². The van der Waals surface area contributed by atoms with Gasteiger partial charge in [-0.05, 0) is 57.8 Å². The normalized spacial score (nSPS) is 12.0. The van der Waals surface area contributed by atoms with E-state index in [1.54, 1.807) is 0 Å². The van der Waals surface area contributed by atoms with Crippen molar-refractivity contribution in [3.05, 3.63) is 12.2 Å². The van der Waals surface area contributed by atoms with E-state index in [1.807, 2.05) is 0 Å². The van der Waals surface area contributed by atoms with Crippen LogP contribution in [0.3, 0.4) is 0 Å². The predicted molar refractivity (Wildman–Crippen MR) is 180 cm³/mol. The van der Waals surface area contributed by atoms with Gasteiger partial charge in [-0.3, -0.25) is 14.4 Å². The predicted octanol–water partition coefficient (Wildman–Crippen LogP) is 10.6. The number of ether oxygens (including phenoxy) is 1. The highest BCUT2D eigenvalue weighted by Crippen LogP contribution is 2.19. The summed E-state index contributed by atoms with van der Waals surface area (Å²) >= 11 is 0. The zero-order chi connectivity index (χ0) is 31.6. The van der Waals surface area contributed by atoms with Gasteiger partial charge in [0.05, 0.1) is 0 Å². The molecule has 0 radical (unpaired) electrons. The van der Waals surface area contributed by atoms with Crippen LogP contribution >= 0.6 is 0 Å². The summed E-state index contributed by atoms with van der Waals surface area (Å²) < 4.78 is 5.98. The molecular formula is C37H69NO5. The number of hydrogen-bond acceptors (Lipinski definition) is 4. The molecule has 0 aromatic carbocycles. The van der Waals surface area contributed by atoms with E-state index in [2.05, 4.69) is 31.3 Å². The third-order valence-electron chi connectivity index (χ3n) is 8.19. The molecular weight excluding hydrogens is 538 g/mol. The summed E-state index contributed by atoms with van der Waals surface area (Å²) in [7, 11) is 0. The Bertz CT molecular complexity index is 678. The number of carboxylic acids is 1. The van der Waals surface area contributed by atoms with Crippen LogP contribution in [0.4, 0.5) is 0 Å². The van der Waals surface area contributed by atoms with E-state index in [4.69, 9.17) is 9.84 Å². The summed E-state index contributed by atoms with van der Waals surface area (Å²) in [6.45, 7) is 4.18. The maximum absolute atomic E-state index is 12.6. The van der Waals surface area contributed by atoms with Crippen LogP contribution in [-0.2, 0) is 19.1 Å². The van der Waals surface area contributed by atoms with Gasteiger partial charge in [0, 0.05) is 12.8 Å². The Morgan fingerprint density at radius 3 is 1.56 bits per heavy atom. The van der Waals surface area contributed by atoms with E-state index in [0.717, 1.165) is 64.2 Å². The first-order valence-electron chi connectivity index (χ1n) is 18.3. The van der Waals surface area contributed by atoms with Gasteiger partial charge in [-0.15, -0.1) is 0 Å². The van der Waals surface area contributed by atoms with Crippen LogP contribution in [0.5, 0.6) is 0 Å². The lowest BCUT2D eigenvalue weighted by Gasteiger charge is -2.18. The Kier molecular flexibility index (Phi) is 31.6. The van der Waals surface area contributed by atoms with Crippen molar-refractivity contribution in [3.63, 3.8) is 0 Å². The monoisotopic (exact) mass is 608 g/mol. The van der Waals surface area contributed by atoms with Crippen molar-refractivity contribution < 1.29 is 24.2 Å². The second kappa shape index (κ2) is 33.1. The highest BCUT2D eigenvalue weighted by molar-refractivity contribution is 5.80. The average Bonchev–Trinajstić information content (AvgIpc) is 2.99. The van der Waals surface area contributed by atoms with E-state index >= 15 is 0 Å². The van der Waals surface area contributed by atoms with Crippen LogP contribution in [0, 0.1) is 0 Å². The fraction of sp³-hybridized carbons (Fsp3) is 0.865. The molecule has 6 nitrogen and oxygen atoms in total. The van der Waals surface area contributed by atoms with Crippen LogP contribution in [-0.4, -0.2) is 35.6 Å². The molecule has 0 spiro atoms. The number of allylic oxidation sites excluding steroid dienone is 2. The van der Waals surface area contributed by atoms with Crippen molar-refractivity contribution in [1.82, 2.24) is 5.32 Å². The molecule has 1 unspecified atom stereocenters. The number of carbonyl (C=O) groups is 3. The SMILES string of the molecule is CCCC/C=C\CCCCCCCC(=O)OC(CCCCCCCCCCCC)CCCCCCCC(=O)NCC(=O)O. The Balaban J connectivity index is 4.17. The van der Waals surface area contributed by atoms with Gasteiger partial charge >= 0.3 is 11.9 Å².